The highest BCUT2D eigenvalue weighted by atomic mass is 16.2. The van der Waals surface area contributed by atoms with E-state index in [0.29, 0.717) is 17.9 Å². The average Bonchev–Trinajstić information content (AvgIpc) is 2.93. The molecule has 0 bridgehead atoms. The van der Waals surface area contributed by atoms with Crippen molar-refractivity contribution in [1.82, 2.24) is 20.1 Å². The van der Waals surface area contributed by atoms with E-state index < -0.39 is 0 Å². The Bertz CT molecular complexity index is 579. The maximum atomic E-state index is 12.3. The second-order valence-corrected chi connectivity index (χ2v) is 4.65. The van der Waals surface area contributed by atoms with Gasteiger partial charge in [0.05, 0.1) is 6.54 Å². The number of benzene rings is 1. The fourth-order valence-corrected chi connectivity index (χ4v) is 2.01. The lowest BCUT2D eigenvalue weighted by atomic mass is 10.1. The monoisotopic (exact) mass is 273 g/mol. The molecule has 0 atom stereocenters. The SMILES string of the molecule is CCNc1ccc(C(=O)N(C)Cc2ncn[nH]2)cc1C. The molecule has 0 fully saturated rings. The van der Waals surface area contributed by atoms with E-state index in [-0.39, 0.29) is 5.91 Å². The van der Waals surface area contributed by atoms with Crippen LogP contribution in [0.25, 0.3) is 0 Å². The minimum atomic E-state index is -0.0347. The number of aryl methyl sites for hydroxylation is 1. The summed E-state index contributed by atoms with van der Waals surface area (Å²) >= 11 is 0. The fraction of sp³-hybridized carbons (Fsp3) is 0.357. The number of carbonyl (C=O) groups excluding carboxylic acids is 1. The Labute approximate surface area is 118 Å². The second-order valence-electron chi connectivity index (χ2n) is 4.65. The summed E-state index contributed by atoms with van der Waals surface area (Å²) in [7, 11) is 1.75. The van der Waals surface area contributed by atoms with E-state index in [0.717, 1.165) is 17.8 Å². The maximum Gasteiger partial charge on any atom is 0.254 e. The van der Waals surface area contributed by atoms with Gasteiger partial charge in [-0.15, -0.1) is 0 Å². The lowest BCUT2D eigenvalue weighted by Gasteiger charge is -2.16. The van der Waals surface area contributed by atoms with Gasteiger partial charge in [0.15, 0.2) is 0 Å². The number of nitrogens with zero attached hydrogens (tertiary/aromatic N) is 3. The first-order valence-corrected chi connectivity index (χ1v) is 6.56. The molecule has 0 unspecified atom stereocenters. The van der Waals surface area contributed by atoms with Crippen molar-refractivity contribution in [1.29, 1.82) is 0 Å². The predicted molar refractivity (Wildman–Crippen MR) is 77.5 cm³/mol. The number of anilines is 1. The maximum absolute atomic E-state index is 12.3. The summed E-state index contributed by atoms with van der Waals surface area (Å²) in [5, 5.41) is 9.78. The number of hydrogen-bond donors (Lipinski definition) is 2. The minimum absolute atomic E-state index is 0.0347. The molecule has 0 radical (unpaired) electrons. The molecule has 2 rings (SSSR count). The van der Waals surface area contributed by atoms with Gasteiger partial charge in [0, 0.05) is 24.8 Å². The predicted octanol–water partition coefficient (Wildman–Crippen LogP) is 1.82. The van der Waals surface area contributed by atoms with Crippen LogP contribution >= 0.6 is 0 Å². The van der Waals surface area contributed by atoms with Crippen molar-refractivity contribution in [2.24, 2.45) is 0 Å². The van der Waals surface area contributed by atoms with E-state index in [1.54, 1.807) is 11.9 Å². The van der Waals surface area contributed by atoms with Crippen molar-refractivity contribution in [3.63, 3.8) is 0 Å². The number of nitrogens with one attached hydrogen (secondary N) is 2. The normalized spacial score (nSPS) is 10.3. The number of aromatic nitrogens is 3. The molecule has 1 aromatic carbocycles. The number of H-pyrrole nitrogens is 1. The zero-order valence-corrected chi connectivity index (χ0v) is 12.0. The number of carbonyl (C=O) groups is 1. The van der Waals surface area contributed by atoms with Gasteiger partial charge in [-0.25, -0.2) is 4.98 Å². The Morgan fingerprint density at radius 1 is 1.45 bits per heavy atom. The molecule has 1 amide bonds. The van der Waals surface area contributed by atoms with Crippen LogP contribution in [0.5, 0.6) is 0 Å². The van der Waals surface area contributed by atoms with E-state index in [2.05, 4.69) is 20.5 Å². The molecule has 6 heteroatoms. The van der Waals surface area contributed by atoms with Crippen molar-refractivity contribution in [2.45, 2.75) is 20.4 Å². The summed E-state index contributed by atoms with van der Waals surface area (Å²) in [6.45, 7) is 5.31. The molecule has 0 aliphatic rings. The Morgan fingerprint density at radius 2 is 2.25 bits per heavy atom. The molecule has 20 heavy (non-hydrogen) atoms. The van der Waals surface area contributed by atoms with Crippen molar-refractivity contribution in [2.75, 3.05) is 18.9 Å². The smallest absolute Gasteiger partial charge is 0.254 e. The molecule has 1 heterocycles. The van der Waals surface area contributed by atoms with Gasteiger partial charge in [-0.2, -0.15) is 5.10 Å². The Morgan fingerprint density at radius 3 is 2.85 bits per heavy atom. The van der Waals surface area contributed by atoms with E-state index >= 15 is 0 Å². The summed E-state index contributed by atoms with van der Waals surface area (Å²) < 4.78 is 0. The third-order valence-electron chi connectivity index (χ3n) is 3.04. The lowest BCUT2D eigenvalue weighted by molar-refractivity contribution is 0.0781. The van der Waals surface area contributed by atoms with Crippen LogP contribution in [-0.4, -0.2) is 39.6 Å². The van der Waals surface area contributed by atoms with Gasteiger partial charge in [0.1, 0.15) is 12.2 Å². The molecule has 0 saturated heterocycles. The minimum Gasteiger partial charge on any atom is -0.385 e. The number of hydrogen-bond acceptors (Lipinski definition) is 4. The van der Waals surface area contributed by atoms with Crippen LogP contribution < -0.4 is 5.32 Å². The van der Waals surface area contributed by atoms with Gasteiger partial charge < -0.3 is 10.2 Å². The first-order chi connectivity index (χ1) is 9.61. The molecule has 0 spiro atoms. The van der Waals surface area contributed by atoms with Gasteiger partial charge in [0.2, 0.25) is 0 Å². The molecule has 106 valence electrons. The lowest BCUT2D eigenvalue weighted by Crippen LogP contribution is -2.26. The molecule has 0 aliphatic heterocycles. The summed E-state index contributed by atoms with van der Waals surface area (Å²) in [6.07, 6.45) is 1.43. The van der Waals surface area contributed by atoms with Crippen molar-refractivity contribution < 1.29 is 4.79 Å². The Balaban J connectivity index is 2.10. The van der Waals surface area contributed by atoms with Crippen LogP contribution in [-0.2, 0) is 6.54 Å². The molecule has 0 saturated carbocycles. The quantitative estimate of drug-likeness (QED) is 0.871. The Hall–Kier alpha value is -2.37. The standard InChI is InChI=1S/C14H19N5O/c1-4-15-12-6-5-11(7-10(12)2)14(20)19(3)8-13-16-9-17-18-13/h5-7,9,15H,4,8H2,1-3H3,(H,16,17,18). The van der Waals surface area contributed by atoms with Gasteiger partial charge in [-0.05, 0) is 37.6 Å². The molecule has 2 N–H and O–H groups in total. The van der Waals surface area contributed by atoms with Crippen molar-refractivity contribution in [3.8, 4) is 0 Å². The molecule has 0 aliphatic carbocycles. The molecule has 2 aromatic rings. The third kappa shape index (κ3) is 3.14. The molecule has 6 nitrogen and oxygen atoms in total. The average molecular weight is 273 g/mol. The van der Waals surface area contributed by atoms with Crippen molar-refractivity contribution in [3.05, 3.63) is 41.5 Å². The highest BCUT2D eigenvalue weighted by Gasteiger charge is 2.14. The van der Waals surface area contributed by atoms with Crippen LogP contribution in [0.15, 0.2) is 24.5 Å². The van der Waals surface area contributed by atoms with Crippen LogP contribution in [0.4, 0.5) is 5.69 Å². The first-order valence-electron chi connectivity index (χ1n) is 6.56. The van der Waals surface area contributed by atoms with Crippen LogP contribution in [0.3, 0.4) is 0 Å². The zero-order valence-electron chi connectivity index (χ0n) is 12.0. The highest BCUT2D eigenvalue weighted by molar-refractivity contribution is 5.94. The zero-order chi connectivity index (χ0) is 14.5. The summed E-state index contributed by atoms with van der Waals surface area (Å²) in [5.74, 6) is 0.634. The summed E-state index contributed by atoms with van der Waals surface area (Å²) in [6, 6.07) is 5.68. The van der Waals surface area contributed by atoms with Gasteiger partial charge in [-0.3, -0.25) is 9.89 Å². The second kappa shape index (κ2) is 6.18. The van der Waals surface area contributed by atoms with Crippen LogP contribution in [0, 0.1) is 6.92 Å². The van der Waals surface area contributed by atoms with Crippen molar-refractivity contribution >= 4 is 11.6 Å². The van der Waals surface area contributed by atoms with Gasteiger partial charge in [-0.1, -0.05) is 0 Å². The summed E-state index contributed by atoms with van der Waals surface area (Å²) in [4.78, 5) is 18.0. The third-order valence-corrected chi connectivity index (χ3v) is 3.04. The highest BCUT2D eigenvalue weighted by Crippen LogP contribution is 2.17. The van der Waals surface area contributed by atoms with Crippen LogP contribution in [0.2, 0.25) is 0 Å². The van der Waals surface area contributed by atoms with E-state index in [1.165, 1.54) is 6.33 Å². The summed E-state index contributed by atoms with van der Waals surface area (Å²) in [5.41, 5.74) is 2.79. The van der Waals surface area contributed by atoms with Crippen LogP contribution in [0.1, 0.15) is 28.7 Å². The number of aromatic amines is 1. The van der Waals surface area contributed by atoms with E-state index in [4.69, 9.17) is 0 Å². The largest absolute Gasteiger partial charge is 0.385 e. The topological polar surface area (TPSA) is 73.9 Å². The van der Waals surface area contributed by atoms with E-state index in [9.17, 15) is 4.79 Å². The number of amides is 1. The molecular formula is C14H19N5O. The van der Waals surface area contributed by atoms with E-state index in [1.807, 2.05) is 32.0 Å². The number of rotatable bonds is 5. The molecule has 1 aromatic heterocycles. The first kappa shape index (κ1) is 14.0. The Kier molecular flexibility index (Phi) is 4.34. The van der Waals surface area contributed by atoms with Gasteiger partial charge in [0.25, 0.3) is 5.91 Å². The fourth-order valence-electron chi connectivity index (χ4n) is 2.01. The molecular weight excluding hydrogens is 254 g/mol. The van der Waals surface area contributed by atoms with Gasteiger partial charge >= 0.3 is 0 Å².